The highest BCUT2D eigenvalue weighted by molar-refractivity contribution is 5.84. The zero-order valence-electron chi connectivity index (χ0n) is 12.9. The number of hydrogen-bond acceptors (Lipinski definition) is 2. The van der Waals surface area contributed by atoms with Crippen LogP contribution in [0, 0.1) is 0 Å². The Balaban J connectivity index is 2.96. The van der Waals surface area contributed by atoms with Gasteiger partial charge in [0.1, 0.15) is 0 Å². The minimum absolute atomic E-state index is 0.0213. The topological polar surface area (TPSA) is 40.5 Å². The summed E-state index contributed by atoms with van der Waals surface area (Å²) in [5.41, 5.74) is 1.06. The summed E-state index contributed by atoms with van der Waals surface area (Å²) in [6.45, 7) is 6.67. The quantitative estimate of drug-likeness (QED) is 0.792. The van der Waals surface area contributed by atoms with Crippen molar-refractivity contribution in [3.05, 3.63) is 35.9 Å². The van der Waals surface area contributed by atoms with E-state index < -0.39 is 0 Å². The van der Waals surface area contributed by atoms with Crippen LogP contribution < -0.4 is 0 Å². The standard InChI is InChI=1S/C17H27NO2/c1-4-15(5-2)18(12-13-19)17(20)16(6-3)14-10-8-7-9-11-14/h7-11,15-16,19H,4-6,12-13H2,1-3H3. The van der Waals surface area contributed by atoms with Gasteiger partial charge in [0.25, 0.3) is 0 Å². The lowest BCUT2D eigenvalue weighted by Gasteiger charge is -2.33. The average Bonchev–Trinajstić information content (AvgIpc) is 2.49. The maximum Gasteiger partial charge on any atom is 0.230 e. The molecule has 0 saturated carbocycles. The molecule has 0 radical (unpaired) electrons. The number of rotatable bonds is 8. The Morgan fingerprint density at radius 3 is 2.15 bits per heavy atom. The van der Waals surface area contributed by atoms with Crippen molar-refractivity contribution < 1.29 is 9.90 Å². The van der Waals surface area contributed by atoms with Crippen LogP contribution >= 0.6 is 0 Å². The molecule has 1 rings (SSSR count). The molecule has 0 aromatic heterocycles. The van der Waals surface area contributed by atoms with E-state index in [0.717, 1.165) is 24.8 Å². The molecule has 0 bridgehead atoms. The Morgan fingerprint density at radius 1 is 1.10 bits per heavy atom. The first kappa shape index (κ1) is 16.7. The largest absolute Gasteiger partial charge is 0.395 e. The molecule has 0 heterocycles. The Morgan fingerprint density at radius 2 is 1.70 bits per heavy atom. The molecule has 1 aromatic carbocycles. The normalized spacial score (nSPS) is 12.4. The molecule has 0 saturated heterocycles. The van der Waals surface area contributed by atoms with Gasteiger partial charge in [0, 0.05) is 12.6 Å². The number of amides is 1. The summed E-state index contributed by atoms with van der Waals surface area (Å²) in [7, 11) is 0. The van der Waals surface area contributed by atoms with Crippen molar-refractivity contribution in [1.29, 1.82) is 0 Å². The lowest BCUT2D eigenvalue weighted by molar-refractivity contribution is -0.136. The van der Waals surface area contributed by atoms with Gasteiger partial charge in [-0.3, -0.25) is 4.79 Å². The Kier molecular flexibility index (Phi) is 7.31. The summed E-state index contributed by atoms with van der Waals surface area (Å²) < 4.78 is 0. The summed E-state index contributed by atoms with van der Waals surface area (Å²) in [5.74, 6) is 0.0322. The third kappa shape index (κ3) is 4.07. The van der Waals surface area contributed by atoms with Crippen LogP contribution in [0.3, 0.4) is 0 Å². The van der Waals surface area contributed by atoms with Gasteiger partial charge < -0.3 is 10.0 Å². The number of aliphatic hydroxyl groups is 1. The zero-order valence-corrected chi connectivity index (χ0v) is 12.9. The second-order valence-electron chi connectivity index (χ2n) is 5.10. The Bertz CT molecular complexity index is 387. The van der Waals surface area contributed by atoms with Gasteiger partial charge in [-0.25, -0.2) is 0 Å². The van der Waals surface area contributed by atoms with E-state index in [4.69, 9.17) is 0 Å². The van der Waals surface area contributed by atoms with Gasteiger partial charge in [0.15, 0.2) is 0 Å². The molecular weight excluding hydrogens is 250 g/mol. The van der Waals surface area contributed by atoms with Crippen LogP contribution in [0.15, 0.2) is 30.3 Å². The van der Waals surface area contributed by atoms with E-state index in [0.29, 0.717) is 6.54 Å². The molecule has 3 heteroatoms. The zero-order chi connectivity index (χ0) is 15.0. The van der Waals surface area contributed by atoms with E-state index >= 15 is 0 Å². The SMILES string of the molecule is CCC(C(=O)N(CCO)C(CC)CC)c1ccccc1. The second-order valence-corrected chi connectivity index (χ2v) is 5.10. The fourth-order valence-corrected chi connectivity index (χ4v) is 2.75. The lowest BCUT2D eigenvalue weighted by atomic mass is 9.94. The molecule has 3 nitrogen and oxygen atoms in total. The van der Waals surface area contributed by atoms with Crippen molar-refractivity contribution in [1.82, 2.24) is 4.90 Å². The van der Waals surface area contributed by atoms with Gasteiger partial charge in [0.05, 0.1) is 12.5 Å². The third-order valence-electron chi connectivity index (χ3n) is 3.92. The van der Waals surface area contributed by atoms with Crippen LogP contribution in [0.4, 0.5) is 0 Å². The number of carbonyl (C=O) groups excluding carboxylic acids is 1. The highest BCUT2D eigenvalue weighted by atomic mass is 16.3. The molecule has 0 aliphatic heterocycles. The molecule has 0 aliphatic carbocycles. The van der Waals surface area contributed by atoms with Crippen LogP contribution in [-0.2, 0) is 4.79 Å². The van der Waals surface area contributed by atoms with E-state index in [-0.39, 0.29) is 24.5 Å². The van der Waals surface area contributed by atoms with E-state index in [1.165, 1.54) is 0 Å². The molecule has 1 amide bonds. The molecule has 0 spiro atoms. The lowest BCUT2D eigenvalue weighted by Crippen LogP contribution is -2.44. The van der Waals surface area contributed by atoms with Crippen molar-refractivity contribution in [2.75, 3.05) is 13.2 Å². The number of aliphatic hydroxyl groups excluding tert-OH is 1. The van der Waals surface area contributed by atoms with Gasteiger partial charge in [0.2, 0.25) is 5.91 Å². The molecule has 0 aliphatic rings. The minimum atomic E-state index is -0.108. The smallest absolute Gasteiger partial charge is 0.230 e. The molecule has 112 valence electrons. The predicted octanol–water partition coefficient (Wildman–Crippen LogP) is 3.19. The highest BCUT2D eigenvalue weighted by Gasteiger charge is 2.27. The molecule has 1 atom stereocenters. The van der Waals surface area contributed by atoms with Crippen molar-refractivity contribution in [3.63, 3.8) is 0 Å². The van der Waals surface area contributed by atoms with E-state index in [1.54, 1.807) is 0 Å². The first-order chi connectivity index (χ1) is 9.69. The third-order valence-corrected chi connectivity index (χ3v) is 3.92. The summed E-state index contributed by atoms with van der Waals surface area (Å²) in [4.78, 5) is 14.7. The van der Waals surface area contributed by atoms with Crippen LogP contribution in [-0.4, -0.2) is 35.1 Å². The van der Waals surface area contributed by atoms with Crippen LogP contribution in [0.5, 0.6) is 0 Å². The Labute approximate surface area is 122 Å². The molecule has 1 unspecified atom stereocenters. The van der Waals surface area contributed by atoms with Gasteiger partial charge >= 0.3 is 0 Å². The predicted molar refractivity (Wildman–Crippen MR) is 82.6 cm³/mol. The van der Waals surface area contributed by atoms with Crippen LogP contribution in [0.2, 0.25) is 0 Å². The molecule has 0 fully saturated rings. The van der Waals surface area contributed by atoms with Gasteiger partial charge in [-0.15, -0.1) is 0 Å². The van der Waals surface area contributed by atoms with Crippen molar-refractivity contribution in [3.8, 4) is 0 Å². The number of benzene rings is 1. The van der Waals surface area contributed by atoms with E-state index in [9.17, 15) is 9.90 Å². The van der Waals surface area contributed by atoms with Gasteiger partial charge in [-0.1, -0.05) is 51.1 Å². The van der Waals surface area contributed by atoms with Crippen LogP contribution in [0.1, 0.15) is 51.5 Å². The number of nitrogens with zero attached hydrogens (tertiary/aromatic N) is 1. The summed E-state index contributed by atoms with van der Waals surface area (Å²) >= 11 is 0. The fraction of sp³-hybridized carbons (Fsp3) is 0.588. The second kappa shape index (κ2) is 8.75. The first-order valence-electron chi connectivity index (χ1n) is 7.65. The van der Waals surface area contributed by atoms with Crippen LogP contribution in [0.25, 0.3) is 0 Å². The van der Waals surface area contributed by atoms with E-state index in [1.807, 2.05) is 42.2 Å². The average molecular weight is 277 g/mol. The van der Waals surface area contributed by atoms with Crippen molar-refractivity contribution in [2.24, 2.45) is 0 Å². The van der Waals surface area contributed by atoms with Crippen molar-refractivity contribution in [2.45, 2.75) is 52.0 Å². The summed E-state index contributed by atoms with van der Waals surface area (Å²) in [5, 5.41) is 9.26. The Hall–Kier alpha value is -1.35. The minimum Gasteiger partial charge on any atom is -0.395 e. The molecule has 1 N–H and O–H groups in total. The fourth-order valence-electron chi connectivity index (χ4n) is 2.75. The maximum absolute atomic E-state index is 12.8. The number of hydrogen-bond donors (Lipinski definition) is 1. The first-order valence-corrected chi connectivity index (χ1v) is 7.65. The molecule has 20 heavy (non-hydrogen) atoms. The summed E-state index contributed by atoms with van der Waals surface area (Å²) in [6.07, 6.45) is 2.63. The highest BCUT2D eigenvalue weighted by Crippen LogP contribution is 2.24. The number of carbonyl (C=O) groups is 1. The molecule has 1 aromatic rings. The van der Waals surface area contributed by atoms with Gasteiger partial charge in [-0.2, -0.15) is 0 Å². The molecular formula is C17H27NO2. The van der Waals surface area contributed by atoms with Gasteiger partial charge in [-0.05, 0) is 24.8 Å². The van der Waals surface area contributed by atoms with Crippen molar-refractivity contribution >= 4 is 5.91 Å². The maximum atomic E-state index is 12.8. The summed E-state index contributed by atoms with van der Waals surface area (Å²) in [6, 6.07) is 10.1. The monoisotopic (exact) mass is 277 g/mol. The van der Waals surface area contributed by atoms with E-state index in [2.05, 4.69) is 13.8 Å².